The number of rotatable bonds is 4. The highest BCUT2D eigenvalue weighted by Crippen LogP contribution is 2.29. The minimum Gasteiger partial charge on any atom is -0.493 e. The van der Waals surface area contributed by atoms with Gasteiger partial charge < -0.3 is 4.74 Å². The monoisotopic (exact) mass is 288 g/mol. The van der Waals surface area contributed by atoms with Crippen molar-refractivity contribution in [1.29, 1.82) is 0 Å². The SMILES string of the molecule is CCC(NC1CCC(=O)NC1=O)c1ccc2c(c1)CCO2. The Labute approximate surface area is 124 Å². The molecule has 0 aliphatic carbocycles. The highest BCUT2D eigenvalue weighted by Gasteiger charge is 2.28. The number of fused-ring (bicyclic) bond motifs is 1. The van der Waals surface area contributed by atoms with Crippen molar-refractivity contribution in [3.05, 3.63) is 29.3 Å². The van der Waals surface area contributed by atoms with Crippen LogP contribution in [0.4, 0.5) is 0 Å². The number of carbonyl (C=O) groups is 2. The molecule has 21 heavy (non-hydrogen) atoms. The first kappa shape index (κ1) is 14.1. The van der Waals surface area contributed by atoms with Crippen LogP contribution < -0.4 is 15.4 Å². The van der Waals surface area contributed by atoms with E-state index in [0.717, 1.165) is 25.2 Å². The number of amides is 2. The lowest BCUT2D eigenvalue weighted by molar-refractivity contribution is -0.134. The number of ether oxygens (including phenoxy) is 1. The second-order valence-electron chi connectivity index (χ2n) is 5.60. The van der Waals surface area contributed by atoms with E-state index in [1.54, 1.807) is 0 Å². The summed E-state index contributed by atoms with van der Waals surface area (Å²) in [7, 11) is 0. The Morgan fingerprint density at radius 1 is 1.38 bits per heavy atom. The number of piperidine rings is 1. The van der Waals surface area contributed by atoms with Gasteiger partial charge in [0.15, 0.2) is 0 Å². The van der Waals surface area contributed by atoms with Gasteiger partial charge in [0.2, 0.25) is 11.8 Å². The van der Waals surface area contributed by atoms with Crippen LogP contribution in [0, 0.1) is 0 Å². The number of benzene rings is 1. The minimum absolute atomic E-state index is 0.111. The molecule has 2 heterocycles. The van der Waals surface area contributed by atoms with Crippen LogP contribution in [0.3, 0.4) is 0 Å². The Hall–Kier alpha value is -1.88. The third kappa shape index (κ3) is 2.93. The third-order valence-electron chi connectivity index (χ3n) is 4.17. The molecule has 2 aliphatic rings. The fourth-order valence-corrected chi connectivity index (χ4v) is 2.97. The molecule has 1 saturated heterocycles. The number of carbonyl (C=O) groups excluding carboxylic acids is 2. The zero-order valence-electron chi connectivity index (χ0n) is 12.1. The molecule has 2 N–H and O–H groups in total. The fourth-order valence-electron chi connectivity index (χ4n) is 2.97. The average molecular weight is 288 g/mol. The van der Waals surface area contributed by atoms with Gasteiger partial charge in [-0.2, -0.15) is 0 Å². The summed E-state index contributed by atoms with van der Waals surface area (Å²) in [4.78, 5) is 23.1. The quantitative estimate of drug-likeness (QED) is 0.823. The fraction of sp³-hybridized carbons (Fsp3) is 0.500. The lowest BCUT2D eigenvalue weighted by Crippen LogP contribution is -2.51. The number of nitrogens with one attached hydrogen (secondary N) is 2. The summed E-state index contributed by atoms with van der Waals surface area (Å²) in [5, 5.41) is 5.77. The van der Waals surface area contributed by atoms with Gasteiger partial charge >= 0.3 is 0 Å². The Bertz CT molecular complexity index is 571. The molecule has 0 radical (unpaired) electrons. The van der Waals surface area contributed by atoms with Crippen molar-refractivity contribution >= 4 is 11.8 Å². The molecular weight excluding hydrogens is 268 g/mol. The molecule has 1 aromatic carbocycles. The summed E-state index contributed by atoms with van der Waals surface area (Å²) in [5.74, 6) is 0.574. The summed E-state index contributed by atoms with van der Waals surface area (Å²) in [5.41, 5.74) is 2.41. The Balaban J connectivity index is 1.73. The predicted molar refractivity (Wildman–Crippen MR) is 78.0 cm³/mol. The van der Waals surface area contributed by atoms with Crippen molar-refractivity contribution in [2.75, 3.05) is 6.61 Å². The van der Waals surface area contributed by atoms with Crippen molar-refractivity contribution in [3.63, 3.8) is 0 Å². The minimum atomic E-state index is -0.294. The molecule has 0 aromatic heterocycles. The largest absolute Gasteiger partial charge is 0.493 e. The summed E-state index contributed by atoms with van der Waals surface area (Å²) in [6, 6.07) is 6.04. The molecule has 2 unspecified atom stereocenters. The molecule has 1 aromatic rings. The molecule has 1 fully saturated rings. The van der Waals surface area contributed by atoms with E-state index in [-0.39, 0.29) is 23.9 Å². The van der Waals surface area contributed by atoms with Crippen LogP contribution in [0.15, 0.2) is 18.2 Å². The van der Waals surface area contributed by atoms with Gasteiger partial charge in [-0.25, -0.2) is 0 Å². The Morgan fingerprint density at radius 3 is 3.00 bits per heavy atom. The summed E-state index contributed by atoms with van der Waals surface area (Å²) in [6.45, 7) is 2.84. The Kier molecular flexibility index (Phi) is 3.92. The first-order valence-corrected chi connectivity index (χ1v) is 7.52. The average Bonchev–Trinajstić information content (AvgIpc) is 2.94. The molecular formula is C16H20N2O3. The normalized spacial score (nSPS) is 22.4. The summed E-state index contributed by atoms with van der Waals surface area (Å²) in [6.07, 6.45) is 2.79. The first-order chi connectivity index (χ1) is 10.2. The van der Waals surface area contributed by atoms with Crippen molar-refractivity contribution < 1.29 is 14.3 Å². The van der Waals surface area contributed by atoms with Crippen molar-refractivity contribution in [1.82, 2.24) is 10.6 Å². The molecule has 112 valence electrons. The van der Waals surface area contributed by atoms with E-state index in [9.17, 15) is 9.59 Å². The highest BCUT2D eigenvalue weighted by atomic mass is 16.5. The van der Waals surface area contributed by atoms with Crippen LogP contribution in [0.5, 0.6) is 5.75 Å². The molecule has 2 atom stereocenters. The molecule has 5 heteroatoms. The first-order valence-electron chi connectivity index (χ1n) is 7.52. The van der Waals surface area contributed by atoms with Crippen LogP contribution in [-0.2, 0) is 16.0 Å². The third-order valence-corrected chi connectivity index (χ3v) is 4.17. The lowest BCUT2D eigenvalue weighted by atomic mass is 9.98. The second-order valence-corrected chi connectivity index (χ2v) is 5.60. The van der Waals surface area contributed by atoms with Gasteiger partial charge in [-0.15, -0.1) is 0 Å². The maximum Gasteiger partial charge on any atom is 0.243 e. The molecule has 0 bridgehead atoms. The maximum absolute atomic E-state index is 11.9. The van der Waals surface area contributed by atoms with E-state index in [4.69, 9.17) is 4.74 Å². The second kappa shape index (κ2) is 5.85. The zero-order valence-corrected chi connectivity index (χ0v) is 12.1. The van der Waals surface area contributed by atoms with Crippen molar-refractivity contribution in [2.24, 2.45) is 0 Å². The van der Waals surface area contributed by atoms with Gasteiger partial charge in [0.25, 0.3) is 0 Å². The van der Waals surface area contributed by atoms with E-state index in [1.165, 1.54) is 11.1 Å². The van der Waals surface area contributed by atoms with Gasteiger partial charge in [0.1, 0.15) is 5.75 Å². The summed E-state index contributed by atoms with van der Waals surface area (Å²) >= 11 is 0. The van der Waals surface area contributed by atoms with E-state index in [0.29, 0.717) is 12.8 Å². The van der Waals surface area contributed by atoms with Crippen LogP contribution in [0.25, 0.3) is 0 Å². The molecule has 0 spiro atoms. The topological polar surface area (TPSA) is 67.4 Å². The van der Waals surface area contributed by atoms with E-state index in [1.807, 2.05) is 6.07 Å². The van der Waals surface area contributed by atoms with Crippen LogP contribution in [-0.4, -0.2) is 24.5 Å². The lowest BCUT2D eigenvalue weighted by Gasteiger charge is -2.27. The maximum atomic E-state index is 11.9. The Morgan fingerprint density at radius 2 is 2.24 bits per heavy atom. The molecule has 5 nitrogen and oxygen atoms in total. The van der Waals surface area contributed by atoms with Gasteiger partial charge in [0.05, 0.1) is 12.6 Å². The van der Waals surface area contributed by atoms with Crippen molar-refractivity contribution in [2.45, 2.75) is 44.7 Å². The van der Waals surface area contributed by atoms with Gasteiger partial charge in [-0.1, -0.05) is 19.1 Å². The standard InChI is InChI=1S/C16H20N2O3/c1-2-12(17-13-4-6-15(19)18-16(13)20)10-3-5-14-11(9-10)7-8-21-14/h3,5,9,12-13,17H,2,4,6-8H2,1H3,(H,18,19,20). The molecule has 0 saturated carbocycles. The number of imide groups is 1. The smallest absolute Gasteiger partial charge is 0.243 e. The summed E-state index contributed by atoms with van der Waals surface area (Å²) < 4.78 is 5.52. The van der Waals surface area contributed by atoms with E-state index < -0.39 is 0 Å². The van der Waals surface area contributed by atoms with Crippen LogP contribution >= 0.6 is 0 Å². The molecule has 3 rings (SSSR count). The predicted octanol–water partition coefficient (Wildman–Crippen LogP) is 1.47. The molecule has 2 amide bonds. The van der Waals surface area contributed by atoms with Gasteiger partial charge in [0, 0.05) is 18.9 Å². The van der Waals surface area contributed by atoms with Crippen LogP contribution in [0.1, 0.15) is 43.4 Å². The van der Waals surface area contributed by atoms with E-state index >= 15 is 0 Å². The van der Waals surface area contributed by atoms with E-state index in [2.05, 4.69) is 29.7 Å². The van der Waals surface area contributed by atoms with Crippen molar-refractivity contribution in [3.8, 4) is 5.75 Å². The highest BCUT2D eigenvalue weighted by molar-refractivity contribution is 6.00. The van der Waals surface area contributed by atoms with Gasteiger partial charge in [-0.3, -0.25) is 20.2 Å². The number of hydrogen-bond acceptors (Lipinski definition) is 4. The molecule has 2 aliphatic heterocycles. The number of hydrogen-bond donors (Lipinski definition) is 2. The van der Waals surface area contributed by atoms with Crippen LogP contribution in [0.2, 0.25) is 0 Å². The van der Waals surface area contributed by atoms with Gasteiger partial charge in [-0.05, 0) is 30.0 Å². The zero-order chi connectivity index (χ0) is 14.8.